The van der Waals surface area contributed by atoms with Gasteiger partial charge >= 0.3 is 0 Å². The Labute approximate surface area is 126 Å². The highest BCUT2D eigenvalue weighted by molar-refractivity contribution is 9.10. The summed E-state index contributed by atoms with van der Waals surface area (Å²) in [5.74, 6) is 0.885. The number of hydrogen-bond donors (Lipinski definition) is 0. The van der Waals surface area contributed by atoms with Crippen molar-refractivity contribution in [2.45, 2.75) is 30.8 Å². The van der Waals surface area contributed by atoms with Gasteiger partial charge in [0.1, 0.15) is 0 Å². The lowest BCUT2D eigenvalue weighted by Crippen LogP contribution is -2.02. The average molecular weight is 338 g/mol. The van der Waals surface area contributed by atoms with Crippen molar-refractivity contribution in [2.24, 2.45) is 0 Å². The van der Waals surface area contributed by atoms with Crippen LogP contribution in [-0.4, -0.2) is 20.0 Å². The summed E-state index contributed by atoms with van der Waals surface area (Å²) in [4.78, 5) is 0. The molecule has 0 aliphatic rings. The summed E-state index contributed by atoms with van der Waals surface area (Å²) >= 11 is 5.16. The van der Waals surface area contributed by atoms with Gasteiger partial charge in [0, 0.05) is 21.8 Å². The number of aromatic nitrogens is 3. The summed E-state index contributed by atoms with van der Waals surface area (Å²) in [6, 6.07) is 8.10. The van der Waals surface area contributed by atoms with Gasteiger partial charge in [0.2, 0.25) is 0 Å². The highest BCUT2D eigenvalue weighted by Crippen LogP contribution is 2.27. The lowest BCUT2D eigenvalue weighted by atomic mass is 10.2. The molecule has 100 valence electrons. The van der Waals surface area contributed by atoms with Crippen LogP contribution in [0.2, 0.25) is 0 Å². The van der Waals surface area contributed by atoms with Crippen LogP contribution in [-0.2, 0) is 6.54 Å². The molecule has 0 spiro atoms. The van der Waals surface area contributed by atoms with E-state index >= 15 is 0 Å². The van der Waals surface area contributed by atoms with Crippen LogP contribution >= 0.6 is 27.7 Å². The lowest BCUT2D eigenvalue weighted by molar-refractivity contribution is 0.729. The minimum atomic E-state index is 0.477. The van der Waals surface area contributed by atoms with E-state index in [1.165, 1.54) is 0 Å². The van der Waals surface area contributed by atoms with Crippen LogP contribution in [0.4, 0.5) is 0 Å². The van der Waals surface area contributed by atoms with E-state index in [4.69, 9.17) is 0 Å². The Morgan fingerprint density at radius 3 is 2.58 bits per heavy atom. The van der Waals surface area contributed by atoms with Gasteiger partial charge in [0.25, 0.3) is 0 Å². The molecular weight excluding hydrogens is 322 g/mol. The van der Waals surface area contributed by atoms with E-state index in [0.29, 0.717) is 11.8 Å². The van der Waals surface area contributed by atoms with E-state index in [1.807, 2.05) is 30.3 Å². The largest absolute Gasteiger partial charge is 0.298 e. The Hall–Kier alpha value is -1.07. The Morgan fingerprint density at radius 2 is 2.00 bits per heavy atom. The number of halogens is 1. The molecule has 0 fully saturated rings. The van der Waals surface area contributed by atoms with E-state index in [-0.39, 0.29) is 0 Å². The van der Waals surface area contributed by atoms with Crippen molar-refractivity contribution in [1.29, 1.82) is 0 Å². The predicted octanol–water partition coefficient (Wildman–Crippen LogP) is 4.39. The van der Waals surface area contributed by atoms with Crippen LogP contribution in [0, 0.1) is 0 Å². The Bertz CT molecular complexity index is 561. The quantitative estimate of drug-likeness (QED) is 0.598. The zero-order valence-electron chi connectivity index (χ0n) is 11.0. The standard InChI is InChI=1S/C14H16BrN3S/c1-4-9-18-13(11-5-7-12(15)8-6-11)16-17-14(18)19-10(2)3/h4-8,10H,1,9H2,2-3H3. The van der Waals surface area contributed by atoms with E-state index < -0.39 is 0 Å². The second-order valence-electron chi connectivity index (χ2n) is 4.38. The van der Waals surface area contributed by atoms with E-state index in [9.17, 15) is 0 Å². The van der Waals surface area contributed by atoms with Gasteiger partial charge in [-0.1, -0.05) is 59.7 Å². The average Bonchev–Trinajstić information content (AvgIpc) is 2.73. The first-order chi connectivity index (χ1) is 9.11. The second kappa shape index (κ2) is 6.39. The zero-order chi connectivity index (χ0) is 13.8. The normalized spacial score (nSPS) is 10.9. The van der Waals surface area contributed by atoms with Gasteiger partial charge in [0.15, 0.2) is 11.0 Å². The maximum absolute atomic E-state index is 4.32. The molecule has 0 saturated heterocycles. The van der Waals surface area contributed by atoms with Gasteiger partial charge in [-0.05, 0) is 12.1 Å². The monoisotopic (exact) mass is 337 g/mol. The minimum Gasteiger partial charge on any atom is -0.298 e. The van der Waals surface area contributed by atoms with Crippen LogP contribution in [0.1, 0.15) is 13.8 Å². The maximum atomic E-state index is 4.32. The van der Waals surface area contributed by atoms with Gasteiger partial charge < -0.3 is 0 Å². The molecule has 0 aliphatic heterocycles. The van der Waals surface area contributed by atoms with Gasteiger partial charge in [-0.2, -0.15) is 0 Å². The third-order valence-corrected chi connectivity index (χ3v) is 3.98. The third kappa shape index (κ3) is 3.48. The Balaban J connectivity index is 2.42. The first-order valence-corrected chi connectivity index (χ1v) is 7.75. The molecule has 2 rings (SSSR count). The molecule has 0 saturated carbocycles. The van der Waals surface area contributed by atoms with E-state index in [0.717, 1.165) is 21.0 Å². The first kappa shape index (κ1) is 14.3. The van der Waals surface area contributed by atoms with Gasteiger partial charge in [-0.15, -0.1) is 16.8 Å². The molecule has 0 amide bonds. The SMILES string of the molecule is C=CCn1c(SC(C)C)nnc1-c1ccc(Br)cc1. The molecule has 19 heavy (non-hydrogen) atoms. The second-order valence-corrected chi connectivity index (χ2v) is 6.84. The van der Waals surface area contributed by atoms with Crippen molar-refractivity contribution < 1.29 is 0 Å². The van der Waals surface area contributed by atoms with Gasteiger partial charge in [0.05, 0.1) is 0 Å². The number of thioether (sulfide) groups is 1. The summed E-state index contributed by atoms with van der Waals surface area (Å²) in [5, 5.41) is 10.0. The molecule has 0 N–H and O–H groups in total. The fourth-order valence-electron chi connectivity index (χ4n) is 1.69. The lowest BCUT2D eigenvalue weighted by Gasteiger charge is -2.09. The summed E-state index contributed by atoms with van der Waals surface area (Å²) < 4.78 is 3.16. The third-order valence-electron chi connectivity index (χ3n) is 2.47. The van der Waals surface area contributed by atoms with E-state index in [2.05, 4.69) is 51.1 Å². The molecule has 3 nitrogen and oxygen atoms in total. The van der Waals surface area contributed by atoms with Crippen molar-refractivity contribution in [2.75, 3.05) is 0 Å². The highest BCUT2D eigenvalue weighted by Gasteiger charge is 2.14. The van der Waals surface area contributed by atoms with Crippen molar-refractivity contribution in [1.82, 2.24) is 14.8 Å². The number of allylic oxidation sites excluding steroid dienone is 1. The molecule has 0 unspecified atom stereocenters. The smallest absolute Gasteiger partial charge is 0.192 e. The predicted molar refractivity (Wildman–Crippen MR) is 84.3 cm³/mol. The topological polar surface area (TPSA) is 30.7 Å². The van der Waals surface area contributed by atoms with Gasteiger partial charge in [-0.25, -0.2) is 0 Å². The Morgan fingerprint density at radius 1 is 1.32 bits per heavy atom. The molecule has 0 atom stereocenters. The summed E-state index contributed by atoms with van der Waals surface area (Å²) in [5.41, 5.74) is 1.06. The van der Waals surface area contributed by atoms with Crippen LogP contribution < -0.4 is 0 Å². The number of benzene rings is 1. The van der Waals surface area contributed by atoms with Crippen LogP contribution in [0.3, 0.4) is 0 Å². The Kier molecular flexibility index (Phi) is 4.82. The molecule has 1 aromatic carbocycles. The fraction of sp³-hybridized carbons (Fsp3) is 0.286. The van der Waals surface area contributed by atoms with Crippen LogP contribution in [0.25, 0.3) is 11.4 Å². The van der Waals surface area contributed by atoms with Crippen LogP contribution in [0.5, 0.6) is 0 Å². The highest BCUT2D eigenvalue weighted by atomic mass is 79.9. The molecule has 2 aromatic rings. The maximum Gasteiger partial charge on any atom is 0.192 e. The summed E-state index contributed by atoms with van der Waals surface area (Å²) in [6.07, 6.45) is 1.87. The first-order valence-electron chi connectivity index (χ1n) is 6.08. The molecule has 1 aromatic heterocycles. The van der Waals surface area contributed by atoms with Crippen molar-refractivity contribution in [3.63, 3.8) is 0 Å². The summed E-state index contributed by atoms with van der Waals surface area (Å²) in [7, 11) is 0. The van der Waals surface area contributed by atoms with Crippen LogP contribution in [0.15, 0.2) is 46.5 Å². The minimum absolute atomic E-state index is 0.477. The van der Waals surface area contributed by atoms with Crippen molar-refractivity contribution in [3.05, 3.63) is 41.4 Å². The molecule has 5 heteroatoms. The molecule has 0 radical (unpaired) electrons. The fourth-order valence-corrected chi connectivity index (χ4v) is 2.76. The van der Waals surface area contributed by atoms with Crippen molar-refractivity contribution in [3.8, 4) is 11.4 Å². The molecule has 1 heterocycles. The summed E-state index contributed by atoms with van der Waals surface area (Å²) in [6.45, 7) is 8.83. The number of rotatable bonds is 5. The molecular formula is C14H16BrN3S. The zero-order valence-corrected chi connectivity index (χ0v) is 13.4. The number of hydrogen-bond acceptors (Lipinski definition) is 3. The van der Waals surface area contributed by atoms with Gasteiger partial charge in [-0.3, -0.25) is 4.57 Å². The van der Waals surface area contributed by atoms with Crippen molar-refractivity contribution >= 4 is 27.7 Å². The van der Waals surface area contributed by atoms with E-state index in [1.54, 1.807) is 11.8 Å². The number of nitrogens with zero attached hydrogens (tertiary/aromatic N) is 3. The molecule has 0 bridgehead atoms. The molecule has 0 aliphatic carbocycles.